The Kier molecular flexibility index (Phi) is 5.43. The lowest BCUT2D eigenvalue weighted by Crippen LogP contribution is -2.48. The van der Waals surface area contributed by atoms with E-state index in [1.54, 1.807) is 6.07 Å². The minimum Gasteiger partial charge on any atom is -0.335 e. The molecule has 0 spiro atoms. The standard InChI is InChI=1S/C17H17ClF4N4O/c1-24-15(17(20,21)22)9-14(23-24)16(27)26-6-4-25(5-7-26)10-11-2-3-12(19)8-13(11)18/h2-3,8-9H,4-7,10H2,1H3. The van der Waals surface area contributed by atoms with Crippen LogP contribution in [0.5, 0.6) is 0 Å². The molecule has 1 amide bonds. The van der Waals surface area contributed by atoms with Gasteiger partial charge in [-0.15, -0.1) is 0 Å². The van der Waals surface area contributed by atoms with Gasteiger partial charge in [-0.3, -0.25) is 14.4 Å². The monoisotopic (exact) mass is 404 g/mol. The molecule has 146 valence electrons. The van der Waals surface area contributed by atoms with Crippen LogP contribution in [-0.4, -0.2) is 51.7 Å². The average Bonchev–Trinajstić information content (AvgIpc) is 2.99. The van der Waals surface area contributed by atoms with Gasteiger partial charge in [0.1, 0.15) is 11.5 Å². The average molecular weight is 405 g/mol. The zero-order valence-corrected chi connectivity index (χ0v) is 15.2. The van der Waals surface area contributed by atoms with Gasteiger partial charge < -0.3 is 4.90 Å². The molecular weight excluding hydrogens is 388 g/mol. The molecule has 1 aromatic carbocycles. The number of hydrogen-bond acceptors (Lipinski definition) is 3. The fraction of sp³-hybridized carbons (Fsp3) is 0.412. The highest BCUT2D eigenvalue weighted by Crippen LogP contribution is 2.29. The number of nitrogens with zero attached hydrogens (tertiary/aromatic N) is 4. The van der Waals surface area contributed by atoms with Crippen LogP contribution in [0, 0.1) is 5.82 Å². The van der Waals surface area contributed by atoms with Crippen molar-refractivity contribution in [2.45, 2.75) is 12.7 Å². The molecule has 27 heavy (non-hydrogen) atoms. The number of rotatable bonds is 3. The van der Waals surface area contributed by atoms with Crippen molar-refractivity contribution in [1.29, 1.82) is 0 Å². The minimum absolute atomic E-state index is 0.222. The summed E-state index contributed by atoms with van der Waals surface area (Å²) >= 11 is 6.03. The first kappa shape index (κ1) is 19.6. The Hall–Kier alpha value is -2.13. The van der Waals surface area contributed by atoms with Gasteiger partial charge in [0.2, 0.25) is 0 Å². The van der Waals surface area contributed by atoms with Gasteiger partial charge in [0.05, 0.1) is 0 Å². The van der Waals surface area contributed by atoms with Crippen molar-refractivity contribution in [3.63, 3.8) is 0 Å². The van der Waals surface area contributed by atoms with Crippen molar-refractivity contribution in [2.24, 2.45) is 7.05 Å². The lowest BCUT2D eigenvalue weighted by Gasteiger charge is -2.34. The van der Waals surface area contributed by atoms with Crippen LogP contribution >= 0.6 is 11.6 Å². The van der Waals surface area contributed by atoms with E-state index in [4.69, 9.17) is 11.6 Å². The number of hydrogen-bond donors (Lipinski definition) is 0. The summed E-state index contributed by atoms with van der Waals surface area (Å²) in [5.74, 6) is -0.937. The van der Waals surface area contributed by atoms with Gasteiger partial charge in [-0.05, 0) is 17.7 Å². The lowest BCUT2D eigenvalue weighted by atomic mass is 10.2. The number of benzene rings is 1. The molecule has 0 bridgehead atoms. The summed E-state index contributed by atoms with van der Waals surface area (Å²) in [6, 6.07) is 4.96. The van der Waals surface area contributed by atoms with Crippen molar-refractivity contribution in [1.82, 2.24) is 19.6 Å². The molecule has 1 saturated heterocycles. The van der Waals surface area contributed by atoms with Gasteiger partial charge in [-0.25, -0.2) is 4.39 Å². The summed E-state index contributed by atoms with van der Waals surface area (Å²) in [5, 5.41) is 4.03. The summed E-state index contributed by atoms with van der Waals surface area (Å²) in [6.45, 7) is 2.27. The second-order valence-electron chi connectivity index (χ2n) is 6.34. The van der Waals surface area contributed by atoms with Gasteiger partial charge in [0, 0.05) is 50.9 Å². The maximum absolute atomic E-state index is 13.1. The Morgan fingerprint density at radius 3 is 2.41 bits per heavy atom. The third kappa shape index (κ3) is 4.41. The minimum atomic E-state index is -4.56. The van der Waals surface area contributed by atoms with Crippen LogP contribution in [0.15, 0.2) is 24.3 Å². The van der Waals surface area contributed by atoms with E-state index >= 15 is 0 Å². The van der Waals surface area contributed by atoms with E-state index in [1.165, 1.54) is 17.0 Å². The van der Waals surface area contributed by atoms with E-state index in [-0.39, 0.29) is 5.69 Å². The molecule has 2 aromatic rings. The molecule has 10 heteroatoms. The van der Waals surface area contributed by atoms with E-state index in [1.807, 2.05) is 4.90 Å². The van der Waals surface area contributed by atoms with Crippen LogP contribution in [0.3, 0.4) is 0 Å². The predicted molar refractivity (Wildman–Crippen MR) is 90.8 cm³/mol. The summed E-state index contributed by atoms with van der Waals surface area (Å²) in [5.41, 5.74) is -0.410. The van der Waals surface area contributed by atoms with Crippen LogP contribution < -0.4 is 0 Å². The Morgan fingerprint density at radius 2 is 1.85 bits per heavy atom. The van der Waals surface area contributed by atoms with Gasteiger partial charge in [-0.2, -0.15) is 18.3 Å². The fourth-order valence-electron chi connectivity index (χ4n) is 3.00. The van der Waals surface area contributed by atoms with Crippen LogP contribution in [0.25, 0.3) is 0 Å². The molecule has 1 aliphatic rings. The van der Waals surface area contributed by atoms with E-state index in [0.717, 1.165) is 18.7 Å². The SMILES string of the molecule is Cn1nc(C(=O)N2CCN(Cc3ccc(F)cc3Cl)CC2)cc1C(F)(F)F. The highest BCUT2D eigenvalue weighted by atomic mass is 35.5. The molecule has 0 aliphatic carbocycles. The first-order chi connectivity index (χ1) is 12.6. The Bertz CT molecular complexity index is 844. The number of carbonyl (C=O) groups excluding carboxylic acids is 1. The highest BCUT2D eigenvalue weighted by Gasteiger charge is 2.36. The van der Waals surface area contributed by atoms with Gasteiger partial charge in [0.15, 0.2) is 5.69 Å². The third-order valence-corrected chi connectivity index (χ3v) is 4.81. The summed E-state index contributed by atoms with van der Waals surface area (Å²) < 4.78 is 52.3. The zero-order chi connectivity index (χ0) is 19.8. The number of carbonyl (C=O) groups is 1. The van der Waals surface area contributed by atoms with Crippen molar-refractivity contribution >= 4 is 17.5 Å². The summed E-state index contributed by atoms with van der Waals surface area (Å²) in [6.07, 6.45) is -4.56. The second-order valence-corrected chi connectivity index (χ2v) is 6.75. The Balaban J connectivity index is 1.61. The van der Waals surface area contributed by atoms with Gasteiger partial charge in [-0.1, -0.05) is 17.7 Å². The van der Waals surface area contributed by atoms with Crippen molar-refractivity contribution in [3.05, 3.63) is 52.1 Å². The quantitative estimate of drug-likeness (QED) is 0.738. The number of aryl methyl sites for hydroxylation is 1. The molecule has 0 radical (unpaired) electrons. The number of aromatic nitrogens is 2. The molecule has 3 rings (SSSR count). The Labute approximate surface area is 158 Å². The molecule has 2 heterocycles. The van der Waals surface area contributed by atoms with E-state index in [2.05, 4.69) is 5.10 Å². The molecule has 0 unspecified atom stereocenters. The van der Waals surface area contributed by atoms with Crippen LogP contribution in [0.1, 0.15) is 21.7 Å². The molecule has 1 aromatic heterocycles. The zero-order valence-electron chi connectivity index (χ0n) is 14.4. The van der Waals surface area contributed by atoms with Crippen molar-refractivity contribution < 1.29 is 22.4 Å². The number of piperazine rings is 1. The van der Waals surface area contributed by atoms with E-state index in [0.29, 0.717) is 42.4 Å². The highest BCUT2D eigenvalue weighted by molar-refractivity contribution is 6.31. The fourth-order valence-corrected chi connectivity index (χ4v) is 3.23. The first-order valence-electron chi connectivity index (χ1n) is 8.22. The molecule has 1 aliphatic heterocycles. The molecule has 0 N–H and O–H groups in total. The summed E-state index contributed by atoms with van der Waals surface area (Å²) in [4.78, 5) is 16.0. The van der Waals surface area contributed by atoms with Crippen LogP contribution in [0.4, 0.5) is 17.6 Å². The van der Waals surface area contributed by atoms with Gasteiger partial charge >= 0.3 is 6.18 Å². The maximum atomic E-state index is 13.1. The van der Waals surface area contributed by atoms with Gasteiger partial charge in [0.25, 0.3) is 5.91 Å². The first-order valence-corrected chi connectivity index (χ1v) is 8.60. The molecule has 5 nitrogen and oxygen atoms in total. The predicted octanol–water partition coefficient (Wildman–Crippen LogP) is 3.19. The normalized spacial score (nSPS) is 16.0. The summed E-state index contributed by atoms with van der Waals surface area (Å²) in [7, 11) is 1.16. The number of alkyl halides is 3. The maximum Gasteiger partial charge on any atom is 0.433 e. The largest absolute Gasteiger partial charge is 0.433 e. The number of halogens is 5. The van der Waals surface area contributed by atoms with Crippen LogP contribution in [-0.2, 0) is 19.8 Å². The second kappa shape index (κ2) is 7.47. The van der Waals surface area contributed by atoms with Crippen LogP contribution in [0.2, 0.25) is 5.02 Å². The molecule has 0 atom stereocenters. The topological polar surface area (TPSA) is 41.4 Å². The smallest absolute Gasteiger partial charge is 0.335 e. The Morgan fingerprint density at radius 1 is 1.19 bits per heavy atom. The van der Waals surface area contributed by atoms with E-state index in [9.17, 15) is 22.4 Å². The van der Waals surface area contributed by atoms with Crippen molar-refractivity contribution in [2.75, 3.05) is 26.2 Å². The van der Waals surface area contributed by atoms with Crippen molar-refractivity contribution in [3.8, 4) is 0 Å². The van der Waals surface area contributed by atoms with E-state index < -0.39 is 23.6 Å². The molecule has 1 fully saturated rings. The molecule has 0 saturated carbocycles. The third-order valence-electron chi connectivity index (χ3n) is 4.46. The molecular formula is C17H17ClF4N4O. The number of amides is 1. The lowest BCUT2D eigenvalue weighted by molar-refractivity contribution is -0.143.